The third kappa shape index (κ3) is 12.3. The van der Waals surface area contributed by atoms with Gasteiger partial charge in [-0.25, -0.2) is 5.01 Å². The first-order valence-corrected chi connectivity index (χ1v) is 38.0. The number of hydrogen-bond donors (Lipinski definition) is 0. The molecule has 2 aliphatic carbocycles. The topological polar surface area (TPSA) is 22.8 Å². The van der Waals surface area contributed by atoms with Gasteiger partial charge in [-0.05, 0) is 212 Å². The summed E-state index contributed by atoms with van der Waals surface area (Å²) < 4.78 is 4.55. The highest BCUT2D eigenvalue weighted by molar-refractivity contribution is 6.07. The number of nitrogens with zero attached hydrogens (tertiary/aromatic N) is 6. The van der Waals surface area contributed by atoms with Crippen LogP contribution < -0.4 is 19.8 Å². The third-order valence-corrected chi connectivity index (χ3v) is 22.1. The maximum Gasteiger partial charge on any atom is 0.108 e. The van der Waals surface area contributed by atoms with Crippen molar-refractivity contribution in [1.29, 1.82) is 0 Å². The Bertz CT molecular complexity index is 6470. The minimum atomic E-state index is -0.491. The van der Waals surface area contributed by atoms with E-state index in [2.05, 4.69) is 478 Å². The highest BCUT2D eigenvalue weighted by Gasteiger charge is 2.41. The van der Waals surface area contributed by atoms with Gasteiger partial charge >= 0.3 is 0 Å². The van der Waals surface area contributed by atoms with E-state index in [-0.39, 0.29) is 0 Å². The summed E-state index contributed by atoms with van der Waals surface area (Å²) in [6.45, 7) is 0. The smallest absolute Gasteiger partial charge is 0.108 e. The molecular formula is C104H78N6. The van der Waals surface area contributed by atoms with Crippen molar-refractivity contribution in [2.75, 3.05) is 19.8 Å². The van der Waals surface area contributed by atoms with Crippen molar-refractivity contribution in [1.82, 2.24) is 9.35 Å². The fourth-order valence-electron chi connectivity index (χ4n) is 16.8. The Morgan fingerprint density at radius 3 is 1.13 bits per heavy atom. The Kier molecular flexibility index (Phi) is 17.5. The lowest BCUT2D eigenvalue weighted by molar-refractivity contribution is 0.458. The second-order valence-corrected chi connectivity index (χ2v) is 28.5. The summed E-state index contributed by atoms with van der Waals surface area (Å²) >= 11 is 0. The number of fused-ring (bicyclic) bond motifs is 6. The van der Waals surface area contributed by atoms with Crippen LogP contribution in [-0.4, -0.2) is 9.35 Å². The molecule has 2 atom stereocenters. The molecule has 2 aliphatic rings. The summed E-state index contributed by atoms with van der Waals surface area (Å²) in [5.41, 5.74) is 17.7. The lowest BCUT2D eigenvalue weighted by atomic mass is 9.78. The lowest BCUT2D eigenvalue weighted by Crippen LogP contribution is -2.48. The highest BCUT2D eigenvalue weighted by Crippen LogP contribution is 2.50. The quantitative estimate of drug-likeness (QED) is 0.0900. The lowest BCUT2D eigenvalue weighted by Gasteiger charge is -2.45. The first kappa shape index (κ1) is 66.5. The normalized spacial score (nSPS) is 15.3. The van der Waals surface area contributed by atoms with Crippen LogP contribution in [0.15, 0.2) is 449 Å². The van der Waals surface area contributed by atoms with Crippen LogP contribution in [0.1, 0.15) is 35.1 Å². The predicted octanol–water partition coefficient (Wildman–Crippen LogP) is 27.3. The zero-order valence-corrected chi connectivity index (χ0v) is 60.8. The van der Waals surface area contributed by atoms with Gasteiger partial charge in [-0.15, -0.1) is 0 Å². The average molecular weight is 1410 g/mol. The van der Waals surface area contributed by atoms with Gasteiger partial charge in [0.15, 0.2) is 0 Å². The Labute approximate surface area is 642 Å². The van der Waals surface area contributed by atoms with Crippen LogP contribution in [-0.2, 0) is 11.1 Å². The van der Waals surface area contributed by atoms with E-state index in [0.29, 0.717) is 0 Å². The molecule has 0 bridgehead atoms. The first-order valence-electron chi connectivity index (χ1n) is 38.0. The van der Waals surface area contributed by atoms with E-state index < -0.39 is 11.1 Å². The molecule has 524 valence electrons. The van der Waals surface area contributed by atoms with Gasteiger partial charge in [0.1, 0.15) is 5.54 Å². The van der Waals surface area contributed by atoms with Crippen molar-refractivity contribution in [2.24, 2.45) is 0 Å². The maximum atomic E-state index is 2.57. The fourth-order valence-corrected chi connectivity index (χ4v) is 16.8. The summed E-state index contributed by atoms with van der Waals surface area (Å²) in [5, 5.41) is 17.0. The molecule has 18 aromatic rings. The first-order chi connectivity index (χ1) is 54.5. The van der Waals surface area contributed by atoms with Crippen LogP contribution in [0.3, 0.4) is 0 Å². The van der Waals surface area contributed by atoms with Crippen molar-refractivity contribution < 1.29 is 0 Å². The van der Waals surface area contributed by atoms with Gasteiger partial charge in [0.2, 0.25) is 0 Å². The summed E-state index contributed by atoms with van der Waals surface area (Å²) in [4.78, 5) is 4.95. The van der Waals surface area contributed by atoms with Gasteiger partial charge in [0.05, 0.1) is 45.0 Å². The molecule has 0 saturated carbocycles. The van der Waals surface area contributed by atoms with E-state index in [1.165, 1.54) is 98.5 Å². The van der Waals surface area contributed by atoms with Crippen molar-refractivity contribution in [2.45, 2.75) is 23.9 Å². The molecule has 0 radical (unpaired) electrons. The van der Waals surface area contributed by atoms with Crippen molar-refractivity contribution >= 4 is 122 Å². The molecule has 110 heavy (non-hydrogen) atoms. The zero-order chi connectivity index (χ0) is 73.2. The molecular weight excluding hydrogens is 1330 g/mol. The van der Waals surface area contributed by atoms with E-state index in [4.69, 9.17) is 0 Å². The van der Waals surface area contributed by atoms with Crippen molar-refractivity contribution in [3.8, 4) is 0 Å². The SMILES string of the molecule is C1=CC(c2ccccc2)(N(c2ccccc2)c2cccc3cc4ccccc4cc23)CC=C1c1ccc(N(c2ccccc2)c2cccc3cc4ccccc4cc23)cc1.C1=CC(c2ccccc2)(N(c2ccccc2)n2ccc3ccccc32)CC=C1c1ccc(N(c2ccccc2)n2ccc3ccccc32)cc1. The Balaban J connectivity index is 0.000000151. The number of anilines is 8. The molecule has 0 N–H and O–H groups in total. The van der Waals surface area contributed by atoms with Crippen LogP contribution in [0.25, 0.3) is 76.0 Å². The number of rotatable bonds is 16. The highest BCUT2D eigenvalue weighted by atomic mass is 15.6. The van der Waals surface area contributed by atoms with Crippen molar-refractivity contribution in [3.05, 3.63) is 471 Å². The maximum absolute atomic E-state index is 2.57. The Hall–Kier alpha value is -14.2. The molecule has 6 nitrogen and oxygen atoms in total. The van der Waals surface area contributed by atoms with Gasteiger partial charge in [0, 0.05) is 51.0 Å². The van der Waals surface area contributed by atoms with E-state index >= 15 is 0 Å². The second kappa shape index (κ2) is 28.9. The van der Waals surface area contributed by atoms with Crippen LogP contribution in [0.2, 0.25) is 0 Å². The molecule has 16 aromatic carbocycles. The summed E-state index contributed by atoms with van der Waals surface area (Å²) in [5.74, 6) is 0. The summed E-state index contributed by atoms with van der Waals surface area (Å²) in [7, 11) is 0. The van der Waals surface area contributed by atoms with Gasteiger partial charge in [0.25, 0.3) is 0 Å². The monoisotopic (exact) mass is 1410 g/mol. The van der Waals surface area contributed by atoms with Gasteiger partial charge in [-0.3, -0.25) is 14.4 Å². The van der Waals surface area contributed by atoms with E-state index in [9.17, 15) is 0 Å². The fraction of sp³-hybridized carbons (Fsp3) is 0.0385. The molecule has 0 fully saturated rings. The molecule has 0 saturated heterocycles. The average Bonchev–Trinajstić information content (AvgIpc) is 1.15. The van der Waals surface area contributed by atoms with Crippen LogP contribution >= 0.6 is 0 Å². The molecule has 0 amide bonds. The Morgan fingerprint density at radius 2 is 0.618 bits per heavy atom. The largest absolute Gasteiger partial charge is 0.327 e. The number of hydrogen-bond acceptors (Lipinski definition) is 4. The summed E-state index contributed by atoms with van der Waals surface area (Å²) in [6.07, 6.45) is 20.2. The van der Waals surface area contributed by atoms with Crippen LogP contribution in [0.4, 0.5) is 45.5 Å². The standard InChI is InChI=1S/C58H42N2.C46H36N4/c1-4-22-50(23-5-1)58(60(53-26-8-3-9-27-53)57-29-15-21-49-39-45-17-11-13-19-47(45)41-55(49)57)36-34-43(35-37-58)42-30-32-52(33-31-42)59(51-24-6-2-7-25-51)56-28-14-20-48-38-44-16-10-12-18-46(44)40-54(48)56;1-4-16-40(17-5-1)46(50(43-20-8-3-9-21-43)48-35-31-39-15-11-13-23-45(39)48)32-28-37(29-33-46)36-24-26-42(27-25-36)49(41-18-6-2-7-19-41)47-34-30-38-14-10-12-22-44(38)47/h1-36,38-41H,37H2;1-32,34-35H,33H2. The molecule has 2 aromatic heterocycles. The van der Waals surface area contributed by atoms with Gasteiger partial charge in [-0.2, -0.15) is 0 Å². The van der Waals surface area contributed by atoms with E-state index in [1.54, 1.807) is 0 Å². The molecule has 6 heteroatoms. The molecule has 20 rings (SSSR count). The molecule has 0 aliphatic heterocycles. The number of aromatic nitrogens is 2. The molecule has 2 unspecified atom stereocenters. The second-order valence-electron chi connectivity index (χ2n) is 28.5. The van der Waals surface area contributed by atoms with E-state index in [1.807, 2.05) is 0 Å². The van der Waals surface area contributed by atoms with Gasteiger partial charge in [-0.1, -0.05) is 303 Å². The van der Waals surface area contributed by atoms with E-state index in [0.717, 1.165) is 58.2 Å². The third-order valence-electron chi connectivity index (χ3n) is 22.1. The van der Waals surface area contributed by atoms with Crippen molar-refractivity contribution in [3.63, 3.8) is 0 Å². The molecule has 0 spiro atoms. The predicted molar refractivity (Wildman–Crippen MR) is 464 cm³/mol. The Morgan fingerprint density at radius 1 is 0.255 bits per heavy atom. The number of para-hydroxylation sites is 6. The van der Waals surface area contributed by atoms with Crippen LogP contribution in [0.5, 0.6) is 0 Å². The minimum Gasteiger partial charge on any atom is -0.327 e. The zero-order valence-electron chi connectivity index (χ0n) is 60.8. The van der Waals surface area contributed by atoms with Crippen LogP contribution in [0, 0.1) is 0 Å². The molecule has 2 heterocycles. The number of allylic oxidation sites excluding steroid dienone is 4. The summed E-state index contributed by atoms with van der Waals surface area (Å²) in [6, 6.07) is 144. The number of benzene rings is 16. The minimum absolute atomic E-state index is 0.465. The van der Waals surface area contributed by atoms with Gasteiger partial charge < -0.3 is 9.80 Å².